The normalized spacial score (nSPS) is 16.8. The maximum absolute atomic E-state index is 5.95. The highest BCUT2D eigenvalue weighted by atomic mass is 127. The Kier molecular flexibility index (Phi) is 11.9. The number of hydrogen-bond donors (Lipinski definition) is 1. The van der Waals surface area contributed by atoms with Gasteiger partial charge in [-0.2, -0.15) is 5.10 Å². The van der Waals surface area contributed by atoms with Crippen LogP contribution in [-0.2, 0) is 22.9 Å². The molecule has 0 bridgehead atoms. The molecule has 1 unspecified atom stereocenters. The molecule has 2 aromatic rings. The molecule has 1 aromatic carbocycles. The van der Waals surface area contributed by atoms with Crippen LogP contribution in [0.2, 0.25) is 0 Å². The Morgan fingerprint density at radius 3 is 2.84 bits per heavy atom. The van der Waals surface area contributed by atoms with E-state index in [1.54, 1.807) is 0 Å². The van der Waals surface area contributed by atoms with E-state index in [2.05, 4.69) is 46.5 Å². The number of benzene rings is 1. The van der Waals surface area contributed by atoms with Gasteiger partial charge in [-0.3, -0.25) is 9.67 Å². The maximum Gasteiger partial charge on any atom is 0.194 e. The number of hydrogen-bond acceptors (Lipinski definition) is 4. The number of aromatic nitrogens is 2. The number of guanidine groups is 1. The van der Waals surface area contributed by atoms with Crippen molar-refractivity contribution < 1.29 is 9.47 Å². The fraction of sp³-hybridized carbons (Fsp3) is 0.565. The minimum atomic E-state index is 0. The fourth-order valence-electron chi connectivity index (χ4n) is 3.51. The topological polar surface area (TPSA) is 63.9 Å². The van der Waals surface area contributed by atoms with Crippen molar-refractivity contribution in [2.75, 3.05) is 46.0 Å². The third kappa shape index (κ3) is 8.78. The summed E-state index contributed by atoms with van der Waals surface area (Å²) in [6, 6.07) is 10.5. The van der Waals surface area contributed by atoms with E-state index < -0.39 is 0 Å². The van der Waals surface area contributed by atoms with Crippen LogP contribution in [0.3, 0.4) is 0 Å². The van der Waals surface area contributed by atoms with Gasteiger partial charge in [0.1, 0.15) is 6.10 Å². The molecular weight excluding hydrogens is 505 g/mol. The Bertz CT molecular complexity index is 768. The molecule has 1 aliphatic heterocycles. The summed E-state index contributed by atoms with van der Waals surface area (Å²) in [6.45, 7) is 7.67. The summed E-state index contributed by atoms with van der Waals surface area (Å²) in [5.41, 5.74) is 2.44. The SMILES string of the molecule is CCNC(=NCCCCOCCc1ccccc1)N1CCOC(c2cnn(C)c2)C1.I. The summed E-state index contributed by atoms with van der Waals surface area (Å²) in [5, 5.41) is 7.69. The van der Waals surface area contributed by atoms with Gasteiger partial charge < -0.3 is 19.7 Å². The molecule has 3 rings (SSSR count). The predicted molar refractivity (Wildman–Crippen MR) is 135 cm³/mol. The van der Waals surface area contributed by atoms with Crippen LogP contribution in [-0.4, -0.2) is 66.6 Å². The Morgan fingerprint density at radius 1 is 1.26 bits per heavy atom. The number of halogens is 1. The molecule has 0 saturated carbocycles. The standard InChI is InChI=1S/C23H35N5O2.HI/c1-3-24-23(28-13-16-30-22(19-28)21-17-26-27(2)18-21)25-12-7-8-14-29-15-11-20-9-5-4-6-10-20;/h4-6,9-10,17-18,22H,3,7-8,11-16,19H2,1-2H3,(H,24,25);1H. The van der Waals surface area contributed by atoms with Crippen molar-refractivity contribution >= 4 is 29.9 Å². The highest BCUT2D eigenvalue weighted by molar-refractivity contribution is 14.0. The first-order valence-electron chi connectivity index (χ1n) is 11.0. The summed E-state index contributed by atoms with van der Waals surface area (Å²) in [5.74, 6) is 0.972. The lowest BCUT2D eigenvalue weighted by molar-refractivity contribution is -0.00804. The lowest BCUT2D eigenvalue weighted by Gasteiger charge is -2.34. The largest absolute Gasteiger partial charge is 0.381 e. The molecule has 1 aromatic heterocycles. The lowest BCUT2D eigenvalue weighted by Crippen LogP contribution is -2.48. The zero-order chi connectivity index (χ0) is 21.0. The van der Waals surface area contributed by atoms with Gasteiger partial charge in [-0.05, 0) is 31.7 Å². The van der Waals surface area contributed by atoms with Crippen LogP contribution < -0.4 is 5.32 Å². The van der Waals surface area contributed by atoms with Crippen molar-refractivity contribution in [3.63, 3.8) is 0 Å². The first kappa shape index (κ1) is 25.6. The number of rotatable bonds is 10. The second kappa shape index (κ2) is 14.4. The third-order valence-electron chi connectivity index (χ3n) is 5.13. The maximum atomic E-state index is 5.95. The summed E-state index contributed by atoms with van der Waals surface area (Å²) in [7, 11) is 1.93. The minimum absolute atomic E-state index is 0. The van der Waals surface area contributed by atoms with Gasteiger partial charge in [0.05, 0.1) is 26.0 Å². The number of aliphatic imine (C=N–C) groups is 1. The van der Waals surface area contributed by atoms with Crippen LogP contribution in [0.25, 0.3) is 0 Å². The van der Waals surface area contributed by atoms with E-state index in [-0.39, 0.29) is 30.1 Å². The van der Waals surface area contributed by atoms with E-state index in [4.69, 9.17) is 14.5 Å². The highest BCUT2D eigenvalue weighted by Crippen LogP contribution is 2.21. The van der Waals surface area contributed by atoms with Crippen LogP contribution in [0, 0.1) is 0 Å². The average molecular weight is 541 g/mol. The summed E-state index contributed by atoms with van der Waals surface area (Å²) in [4.78, 5) is 7.13. The Morgan fingerprint density at radius 2 is 2.10 bits per heavy atom. The van der Waals surface area contributed by atoms with Crippen LogP contribution in [0.5, 0.6) is 0 Å². The molecule has 1 fully saturated rings. The van der Waals surface area contributed by atoms with E-state index in [1.165, 1.54) is 5.56 Å². The van der Waals surface area contributed by atoms with Crippen molar-refractivity contribution in [3.8, 4) is 0 Å². The molecule has 7 nitrogen and oxygen atoms in total. The first-order chi connectivity index (χ1) is 14.8. The van der Waals surface area contributed by atoms with E-state index in [0.29, 0.717) is 6.61 Å². The third-order valence-corrected chi connectivity index (χ3v) is 5.13. The molecule has 0 aliphatic carbocycles. The zero-order valence-electron chi connectivity index (χ0n) is 18.7. The van der Waals surface area contributed by atoms with Gasteiger partial charge in [0.15, 0.2) is 5.96 Å². The fourth-order valence-corrected chi connectivity index (χ4v) is 3.51. The summed E-state index contributed by atoms with van der Waals surface area (Å²) < 4.78 is 13.5. The van der Waals surface area contributed by atoms with E-state index in [9.17, 15) is 0 Å². The molecule has 0 radical (unpaired) electrons. The molecule has 1 saturated heterocycles. The molecule has 2 heterocycles. The van der Waals surface area contributed by atoms with E-state index in [1.807, 2.05) is 30.2 Å². The number of aryl methyl sites for hydroxylation is 1. The number of nitrogens with one attached hydrogen (secondary N) is 1. The highest BCUT2D eigenvalue weighted by Gasteiger charge is 2.25. The van der Waals surface area contributed by atoms with Gasteiger partial charge in [-0.15, -0.1) is 24.0 Å². The quantitative estimate of drug-likeness (QED) is 0.216. The van der Waals surface area contributed by atoms with Crippen LogP contribution >= 0.6 is 24.0 Å². The lowest BCUT2D eigenvalue weighted by atomic mass is 10.1. The molecule has 1 N–H and O–H groups in total. The van der Waals surface area contributed by atoms with Crippen molar-refractivity contribution in [3.05, 3.63) is 53.9 Å². The molecular formula is C23H36IN5O2. The van der Waals surface area contributed by atoms with Crippen LogP contribution in [0.4, 0.5) is 0 Å². The number of ether oxygens (including phenoxy) is 2. The molecule has 1 aliphatic rings. The first-order valence-corrected chi connectivity index (χ1v) is 11.0. The van der Waals surface area contributed by atoms with Gasteiger partial charge in [0.2, 0.25) is 0 Å². The van der Waals surface area contributed by atoms with Crippen molar-refractivity contribution in [1.82, 2.24) is 20.0 Å². The molecule has 172 valence electrons. The minimum Gasteiger partial charge on any atom is -0.381 e. The van der Waals surface area contributed by atoms with E-state index in [0.717, 1.165) is 70.2 Å². The van der Waals surface area contributed by atoms with Gasteiger partial charge >= 0.3 is 0 Å². The molecule has 31 heavy (non-hydrogen) atoms. The summed E-state index contributed by atoms with van der Waals surface area (Å²) >= 11 is 0. The van der Waals surface area contributed by atoms with E-state index >= 15 is 0 Å². The van der Waals surface area contributed by atoms with Gasteiger partial charge in [-0.1, -0.05) is 30.3 Å². The molecule has 0 spiro atoms. The van der Waals surface area contributed by atoms with Gasteiger partial charge in [0, 0.05) is 45.0 Å². The van der Waals surface area contributed by atoms with Gasteiger partial charge in [0.25, 0.3) is 0 Å². The van der Waals surface area contributed by atoms with Gasteiger partial charge in [-0.25, -0.2) is 0 Å². The smallest absolute Gasteiger partial charge is 0.194 e. The zero-order valence-corrected chi connectivity index (χ0v) is 21.0. The Hall–Kier alpha value is -1.65. The van der Waals surface area contributed by atoms with Crippen molar-refractivity contribution in [2.24, 2.45) is 12.0 Å². The van der Waals surface area contributed by atoms with Crippen LogP contribution in [0.1, 0.15) is 37.0 Å². The Balaban J connectivity index is 0.00000341. The predicted octanol–water partition coefficient (Wildman–Crippen LogP) is 3.42. The Labute approximate surface area is 203 Å². The molecule has 1 atom stereocenters. The summed E-state index contributed by atoms with van der Waals surface area (Å²) in [6.07, 6.45) is 6.97. The second-order valence-electron chi connectivity index (χ2n) is 7.54. The van der Waals surface area contributed by atoms with Crippen molar-refractivity contribution in [1.29, 1.82) is 0 Å². The number of nitrogens with zero attached hydrogens (tertiary/aromatic N) is 4. The number of morpholine rings is 1. The van der Waals surface area contributed by atoms with Crippen molar-refractivity contribution in [2.45, 2.75) is 32.3 Å². The molecule has 8 heteroatoms. The monoisotopic (exact) mass is 541 g/mol. The second-order valence-corrected chi connectivity index (χ2v) is 7.54. The average Bonchev–Trinajstić information content (AvgIpc) is 3.22. The van der Waals surface area contributed by atoms with Crippen LogP contribution in [0.15, 0.2) is 47.7 Å². The molecule has 0 amide bonds. The number of unbranched alkanes of at least 4 members (excludes halogenated alkanes) is 1.